The summed E-state index contributed by atoms with van der Waals surface area (Å²) in [5, 5.41) is 0. The summed E-state index contributed by atoms with van der Waals surface area (Å²) < 4.78 is 15.7. The van der Waals surface area contributed by atoms with E-state index in [1.807, 2.05) is 44.2 Å². The Bertz CT molecular complexity index is 650. The molecule has 0 fully saturated rings. The highest BCUT2D eigenvalue weighted by Crippen LogP contribution is 2.38. The monoisotopic (exact) mass is 328 g/mol. The fraction of sp³-hybridized carbons (Fsp3) is 0.250. The van der Waals surface area contributed by atoms with Crippen molar-refractivity contribution in [1.82, 2.24) is 0 Å². The maximum absolute atomic E-state index is 12.3. The largest absolute Gasteiger partial charge is 0.493 e. The van der Waals surface area contributed by atoms with Gasteiger partial charge < -0.3 is 14.2 Å². The molecule has 2 aromatic rings. The molecule has 2 aromatic carbocycles. The molecule has 24 heavy (non-hydrogen) atoms. The standard InChI is InChI=1S/C18H18O4.C2H6/c1-20-16-11-14(12-17(21-2)18(16)22-3)15(19)10-9-13-7-5-4-6-8-13;1-2/h4-12H,1-3H3;1-2H3/b10-9+;. The van der Waals surface area contributed by atoms with Crippen molar-refractivity contribution in [1.29, 1.82) is 0 Å². The first-order valence-corrected chi connectivity index (χ1v) is 7.77. The van der Waals surface area contributed by atoms with Gasteiger partial charge in [-0.05, 0) is 23.8 Å². The quantitative estimate of drug-likeness (QED) is 0.572. The van der Waals surface area contributed by atoms with E-state index in [0.717, 1.165) is 5.56 Å². The van der Waals surface area contributed by atoms with Gasteiger partial charge in [-0.1, -0.05) is 50.3 Å². The predicted octanol–water partition coefficient (Wildman–Crippen LogP) is 4.63. The summed E-state index contributed by atoms with van der Waals surface area (Å²) in [6, 6.07) is 12.9. The van der Waals surface area contributed by atoms with Crippen molar-refractivity contribution in [3.8, 4) is 17.2 Å². The number of ketones is 1. The Kier molecular flexibility index (Phi) is 8.13. The number of methoxy groups -OCH3 is 3. The Morgan fingerprint density at radius 3 is 1.88 bits per heavy atom. The number of benzene rings is 2. The Balaban J connectivity index is 0.00000139. The van der Waals surface area contributed by atoms with Crippen molar-refractivity contribution in [2.75, 3.05) is 21.3 Å². The molecule has 0 aliphatic carbocycles. The maximum atomic E-state index is 12.3. The van der Waals surface area contributed by atoms with Crippen molar-refractivity contribution in [2.45, 2.75) is 13.8 Å². The van der Waals surface area contributed by atoms with Gasteiger partial charge in [-0.2, -0.15) is 0 Å². The molecule has 0 aliphatic rings. The Hall–Kier alpha value is -2.75. The third-order valence-corrected chi connectivity index (χ3v) is 3.18. The average molecular weight is 328 g/mol. The van der Waals surface area contributed by atoms with Crippen LogP contribution in [0.25, 0.3) is 6.08 Å². The highest BCUT2D eigenvalue weighted by molar-refractivity contribution is 6.07. The second-order valence-electron chi connectivity index (χ2n) is 4.52. The third-order valence-electron chi connectivity index (χ3n) is 3.18. The van der Waals surface area contributed by atoms with Crippen LogP contribution in [0.4, 0.5) is 0 Å². The molecule has 0 N–H and O–H groups in total. The van der Waals surface area contributed by atoms with Crippen LogP contribution in [0, 0.1) is 0 Å². The Labute approximate surface area is 143 Å². The number of carbonyl (C=O) groups excluding carboxylic acids is 1. The molecule has 0 saturated heterocycles. The first-order chi connectivity index (χ1) is 11.7. The zero-order chi connectivity index (χ0) is 17.9. The van der Waals surface area contributed by atoms with E-state index in [-0.39, 0.29) is 5.78 Å². The molecule has 4 heteroatoms. The second kappa shape index (κ2) is 10.1. The zero-order valence-electron chi connectivity index (χ0n) is 14.8. The fourth-order valence-electron chi connectivity index (χ4n) is 2.06. The van der Waals surface area contributed by atoms with E-state index in [0.29, 0.717) is 22.8 Å². The first kappa shape index (κ1) is 19.3. The number of carbonyl (C=O) groups is 1. The summed E-state index contributed by atoms with van der Waals surface area (Å²) >= 11 is 0. The SMILES string of the molecule is CC.COc1cc(C(=O)/C=C/c2ccccc2)cc(OC)c1OC. The van der Waals surface area contributed by atoms with Crippen molar-refractivity contribution in [3.05, 3.63) is 59.7 Å². The minimum atomic E-state index is -0.136. The van der Waals surface area contributed by atoms with Gasteiger partial charge in [0.05, 0.1) is 21.3 Å². The lowest BCUT2D eigenvalue weighted by atomic mass is 10.1. The van der Waals surface area contributed by atoms with Gasteiger partial charge in [0, 0.05) is 5.56 Å². The molecule has 0 spiro atoms. The summed E-state index contributed by atoms with van der Waals surface area (Å²) in [7, 11) is 4.56. The van der Waals surface area contributed by atoms with E-state index in [9.17, 15) is 4.79 Å². The van der Waals surface area contributed by atoms with Crippen LogP contribution < -0.4 is 14.2 Å². The van der Waals surface area contributed by atoms with Crippen molar-refractivity contribution in [3.63, 3.8) is 0 Å². The molecule has 128 valence electrons. The highest BCUT2D eigenvalue weighted by atomic mass is 16.5. The Morgan fingerprint density at radius 1 is 0.875 bits per heavy atom. The molecular weight excluding hydrogens is 304 g/mol. The maximum Gasteiger partial charge on any atom is 0.203 e. The van der Waals surface area contributed by atoms with Crippen LogP contribution >= 0.6 is 0 Å². The van der Waals surface area contributed by atoms with Crippen LogP contribution in [-0.2, 0) is 0 Å². The van der Waals surface area contributed by atoms with E-state index >= 15 is 0 Å². The van der Waals surface area contributed by atoms with Crippen molar-refractivity contribution in [2.24, 2.45) is 0 Å². The molecular formula is C20H24O4. The highest BCUT2D eigenvalue weighted by Gasteiger charge is 2.15. The lowest BCUT2D eigenvalue weighted by Gasteiger charge is -2.13. The summed E-state index contributed by atoms with van der Waals surface area (Å²) in [5.74, 6) is 1.24. The molecule has 0 radical (unpaired) electrons. The van der Waals surface area contributed by atoms with Gasteiger partial charge >= 0.3 is 0 Å². The van der Waals surface area contributed by atoms with Crippen LogP contribution in [0.2, 0.25) is 0 Å². The van der Waals surface area contributed by atoms with Gasteiger partial charge in [0.15, 0.2) is 17.3 Å². The minimum absolute atomic E-state index is 0.136. The molecule has 0 bridgehead atoms. The zero-order valence-corrected chi connectivity index (χ0v) is 14.8. The molecule has 0 unspecified atom stereocenters. The normalized spacial score (nSPS) is 9.88. The molecule has 0 heterocycles. The summed E-state index contributed by atoms with van der Waals surface area (Å²) in [6.45, 7) is 4.00. The van der Waals surface area contributed by atoms with Gasteiger partial charge in [0.1, 0.15) is 0 Å². The van der Waals surface area contributed by atoms with Crippen LogP contribution in [0.1, 0.15) is 29.8 Å². The fourth-order valence-corrected chi connectivity index (χ4v) is 2.06. The number of hydrogen-bond donors (Lipinski definition) is 0. The van der Waals surface area contributed by atoms with E-state index in [2.05, 4.69) is 0 Å². The topological polar surface area (TPSA) is 44.8 Å². The summed E-state index contributed by atoms with van der Waals surface area (Å²) in [5.41, 5.74) is 1.44. The Morgan fingerprint density at radius 2 is 1.42 bits per heavy atom. The van der Waals surface area contributed by atoms with Crippen LogP contribution in [-0.4, -0.2) is 27.1 Å². The molecule has 0 atom stereocenters. The predicted molar refractivity (Wildman–Crippen MR) is 97.3 cm³/mol. The number of hydrogen-bond acceptors (Lipinski definition) is 4. The van der Waals surface area contributed by atoms with E-state index in [1.165, 1.54) is 27.4 Å². The van der Waals surface area contributed by atoms with Gasteiger partial charge in [-0.15, -0.1) is 0 Å². The number of allylic oxidation sites excluding steroid dienone is 1. The molecule has 4 nitrogen and oxygen atoms in total. The van der Waals surface area contributed by atoms with Gasteiger partial charge in [-0.3, -0.25) is 4.79 Å². The number of rotatable bonds is 6. The lowest BCUT2D eigenvalue weighted by molar-refractivity contribution is 0.104. The number of ether oxygens (including phenoxy) is 3. The average Bonchev–Trinajstić information content (AvgIpc) is 2.67. The van der Waals surface area contributed by atoms with Crippen molar-refractivity contribution < 1.29 is 19.0 Å². The third kappa shape index (κ3) is 4.88. The van der Waals surface area contributed by atoms with E-state index in [1.54, 1.807) is 18.2 Å². The molecule has 0 amide bonds. The van der Waals surface area contributed by atoms with E-state index in [4.69, 9.17) is 14.2 Å². The van der Waals surface area contributed by atoms with Crippen LogP contribution in [0.3, 0.4) is 0 Å². The molecule has 0 saturated carbocycles. The lowest BCUT2D eigenvalue weighted by Crippen LogP contribution is -2.00. The van der Waals surface area contributed by atoms with Crippen LogP contribution in [0.15, 0.2) is 48.5 Å². The summed E-state index contributed by atoms with van der Waals surface area (Å²) in [4.78, 5) is 12.3. The minimum Gasteiger partial charge on any atom is -0.493 e. The van der Waals surface area contributed by atoms with Crippen LogP contribution in [0.5, 0.6) is 17.2 Å². The first-order valence-electron chi connectivity index (χ1n) is 7.77. The molecule has 2 rings (SSSR count). The van der Waals surface area contributed by atoms with Gasteiger partial charge in [0.2, 0.25) is 5.75 Å². The van der Waals surface area contributed by atoms with Gasteiger partial charge in [0.25, 0.3) is 0 Å². The van der Waals surface area contributed by atoms with Crippen molar-refractivity contribution >= 4 is 11.9 Å². The molecule has 0 aromatic heterocycles. The van der Waals surface area contributed by atoms with Gasteiger partial charge in [-0.25, -0.2) is 0 Å². The molecule has 0 aliphatic heterocycles. The second-order valence-corrected chi connectivity index (χ2v) is 4.52. The smallest absolute Gasteiger partial charge is 0.203 e. The van der Waals surface area contributed by atoms with E-state index < -0.39 is 0 Å². The summed E-state index contributed by atoms with van der Waals surface area (Å²) in [6.07, 6.45) is 3.29.